The first-order valence-corrected chi connectivity index (χ1v) is 11.9. The average Bonchev–Trinajstić information content (AvgIpc) is 3.26. The zero-order chi connectivity index (χ0) is 23.8. The van der Waals surface area contributed by atoms with Crippen LogP contribution in [0.15, 0.2) is 84.0 Å². The van der Waals surface area contributed by atoms with Crippen molar-refractivity contribution < 1.29 is 13.9 Å². The predicted molar refractivity (Wildman–Crippen MR) is 131 cm³/mol. The van der Waals surface area contributed by atoms with E-state index in [-0.39, 0.29) is 17.5 Å². The van der Waals surface area contributed by atoms with Crippen molar-refractivity contribution in [3.63, 3.8) is 0 Å². The molecule has 4 rings (SSSR count). The molecule has 6 nitrogen and oxygen atoms in total. The first kappa shape index (κ1) is 23.5. The maximum absolute atomic E-state index is 14.5. The second-order valence-electron chi connectivity index (χ2n) is 7.59. The van der Waals surface area contributed by atoms with E-state index in [0.717, 1.165) is 23.3 Å². The van der Waals surface area contributed by atoms with Crippen LogP contribution in [0.25, 0.3) is 11.4 Å². The molecule has 0 aliphatic carbocycles. The summed E-state index contributed by atoms with van der Waals surface area (Å²) in [6.45, 7) is 1.00. The highest BCUT2D eigenvalue weighted by Gasteiger charge is 2.18. The number of amides is 1. The van der Waals surface area contributed by atoms with Crippen LogP contribution in [0, 0.1) is 5.82 Å². The van der Waals surface area contributed by atoms with Crippen LogP contribution in [0.2, 0.25) is 0 Å². The third-order valence-electron chi connectivity index (χ3n) is 5.24. The fourth-order valence-electron chi connectivity index (χ4n) is 3.47. The Morgan fingerprint density at radius 3 is 2.44 bits per heavy atom. The SMILES string of the molecule is COc1ccc(CCNC(=O)CSc2nnc(-c3ccccc3F)n2Cc2ccccc2)cc1. The van der Waals surface area contributed by atoms with Crippen molar-refractivity contribution in [2.24, 2.45) is 0 Å². The zero-order valence-corrected chi connectivity index (χ0v) is 19.6. The summed E-state index contributed by atoms with van der Waals surface area (Å²) in [6, 6.07) is 24.1. The Hall–Kier alpha value is -3.65. The lowest BCUT2D eigenvalue weighted by Crippen LogP contribution is -2.27. The maximum atomic E-state index is 14.5. The van der Waals surface area contributed by atoms with Crippen LogP contribution in [-0.2, 0) is 17.8 Å². The van der Waals surface area contributed by atoms with Gasteiger partial charge in [-0.25, -0.2) is 4.39 Å². The van der Waals surface area contributed by atoms with Crippen LogP contribution < -0.4 is 10.1 Å². The number of aromatic nitrogens is 3. The molecule has 0 radical (unpaired) electrons. The molecule has 0 saturated heterocycles. The monoisotopic (exact) mass is 476 g/mol. The molecule has 174 valence electrons. The molecular formula is C26H25FN4O2S. The van der Waals surface area contributed by atoms with E-state index in [0.29, 0.717) is 29.6 Å². The molecule has 3 aromatic carbocycles. The molecule has 0 fully saturated rings. The third kappa shape index (κ3) is 6.02. The molecule has 4 aromatic rings. The number of rotatable bonds is 10. The van der Waals surface area contributed by atoms with E-state index >= 15 is 0 Å². The minimum Gasteiger partial charge on any atom is -0.497 e. The molecule has 1 amide bonds. The summed E-state index contributed by atoms with van der Waals surface area (Å²) in [4.78, 5) is 12.4. The van der Waals surface area contributed by atoms with E-state index < -0.39 is 0 Å². The lowest BCUT2D eigenvalue weighted by Gasteiger charge is -2.11. The van der Waals surface area contributed by atoms with E-state index in [4.69, 9.17) is 4.74 Å². The van der Waals surface area contributed by atoms with Crippen LogP contribution >= 0.6 is 11.8 Å². The quantitative estimate of drug-likeness (QED) is 0.339. The van der Waals surface area contributed by atoms with Crippen molar-refractivity contribution in [2.45, 2.75) is 18.1 Å². The summed E-state index contributed by atoms with van der Waals surface area (Å²) in [5.74, 6) is 0.965. The minimum atomic E-state index is -0.364. The molecular weight excluding hydrogens is 451 g/mol. The summed E-state index contributed by atoms with van der Waals surface area (Å²) >= 11 is 1.29. The highest BCUT2D eigenvalue weighted by molar-refractivity contribution is 7.99. The van der Waals surface area contributed by atoms with Crippen molar-refractivity contribution in [3.8, 4) is 17.1 Å². The molecule has 1 N–H and O–H groups in total. The number of carbonyl (C=O) groups is 1. The Labute approximate surface area is 202 Å². The van der Waals surface area contributed by atoms with Crippen LogP contribution in [0.4, 0.5) is 4.39 Å². The summed E-state index contributed by atoms with van der Waals surface area (Å²) < 4.78 is 21.5. The summed E-state index contributed by atoms with van der Waals surface area (Å²) in [7, 11) is 1.63. The minimum absolute atomic E-state index is 0.0970. The lowest BCUT2D eigenvalue weighted by molar-refractivity contribution is -0.118. The van der Waals surface area contributed by atoms with Crippen LogP contribution in [0.3, 0.4) is 0 Å². The normalized spacial score (nSPS) is 10.8. The van der Waals surface area contributed by atoms with Gasteiger partial charge < -0.3 is 10.1 Å². The van der Waals surface area contributed by atoms with Gasteiger partial charge in [0.2, 0.25) is 5.91 Å². The summed E-state index contributed by atoms with van der Waals surface area (Å²) in [6.07, 6.45) is 0.724. The predicted octanol–water partition coefficient (Wildman–Crippen LogP) is 4.59. The molecule has 1 aromatic heterocycles. The van der Waals surface area contributed by atoms with E-state index in [2.05, 4.69) is 15.5 Å². The number of hydrogen-bond donors (Lipinski definition) is 1. The zero-order valence-electron chi connectivity index (χ0n) is 18.8. The smallest absolute Gasteiger partial charge is 0.230 e. The fourth-order valence-corrected chi connectivity index (χ4v) is 4.23. The van der Waals surface area contributed by atoms with Gasteiger partial charge in [-0.05, 0) is 41.8 Å². The Kier molecular flexibility index (Phi) is 7.93. The Morgan fingerprint density at radius 1 is 0.971 bits per heavy atom. The standard InChI is InChI=1S/C26H25FN4O2S/c1-33-21-13-11-19(12-14-21)15-16-28-24(32)18-34-26-30-29-25(22-9-5-6-10-23(22)27)31(26)17-20-7-3-2-4-8-20/h2-14H,15-18H2,1H3,(H,28,32). The maximum Gasteiger partial charge on any atom is 0.230 e. The van der Waals surface area contributed by atoms with Gasteiger partial charge in [0.1, 0.15) is 11.6 Å². The van der Waals surface area contributed by atoms with Gasteiger partial charge in [-0.3, -0.25) is 9.36 Å². The molecule has 0 atom stereocenters. The number of carbonyl (C=O) groups excluding carboxylic acids is 1. The number of nitrogens with zero attached hydrogens (tertiary/aromatic N) is 3. The van der Waals surface area contributed by atoms with E-state index in [9.17, 15) is 9.18 Å². The average molecular weight is 477 g/mol. The Bertz CT molecular complexity index is 1230. The second kappa shape index (κ2) is 11.5. The van der Waals surface area contributed by atoms with Crippen LogP contribution in [0.1, 0.15) is 11.1 Å². The number of halogens is 1. The van der Waals surface area contributed by atoms with E-state index in [1.54, 1.807) is 25.3 Å². The lowest BCUT2D eigenvalue weighted by atomic mass is 10.1. The number of hydrogen-bond acceptors (Lipinski definition) is 5. The molecule has 0 saturated carbocycles. The molecule has 0 aliphatic rings. The molecule has 0 aliphatic heterocycles. The highest BCUT2D eigenvalue weighted by Crippen LogP contribution is 2.27. The van der Waals surface area contributed by atoms with Gasteiger partial charge in [0.05, 0.1) is 25.0 Å². The molecule has 34 heavy (non-hydrogen) atoms. The van der Waals surface area contributed by atoms with Gasteiger partial charge in [-0.15, -0.1) is 10.2 Å². The van der Waals surface area contributed by atoms with Gasteiger partial charge in [0.15, 0.2) is 11.0 Å². The van der Waals surface area contributed by atoms with Gasteiger partial charge in [0.25, 0.3) is 0 Å². The first-order valence-electron chi connectivity index (χ1n) is 10.9. The van der Waals surface area contributed by atoms with E-state index in [1.165, 1.54) is 17.8 Å². The Morgan fingerprint density at radius 2 is 1.71 bits per heavy atom. The summed E-state index contributed by atoms with van der Waals surface area (Å²) in [5.41, 5.74) is 2.53. The topological polar surface area (TPSA) is 69.0 Å². The highest BCUT2D eigenvalue weighted by atomic mass is 32.2. The van der Waals surface area contributed by atoms with Crippen LogP contribution in [0.5, 0.6) is 5.75 Å². The number of ether oxygens (including phenoxy) is 1. The molecule has 0 bridgehead atoms. The van der Waals surface area contributed by atoms with Crippen molar-refractivity contribution in [3.05, 3.63) is 95.8 Å². The van der Waals surface area contributed by atoms with Crippen molar-refractivity contribution in [1.29, 1.82) is 0 Å². The molecule has 8 heteroatoms. The van der Waals surface area contributed by atoms with Gasteiger partial charge in [0, 0.05) is 6.54 Å². The summed E-state index contributed by atoms with van der Waals surface area (Å²) in [5, 5.41) is 12.0. The van der Waals surface area contributed by atoms with Gasteiger partial charge >= 0.3 is 0 Å². The number of benzene rings is 3. The second-order valence-corrected chi connectivity index (χ2v) is 8.54. The molecule has 0 unspecified atom stereocenters. The Balaban J connectivity index is 1.41. The molecule has 0 spiro atoms. The first-order chi connectivity index (χ1) is 16.6. The number of thioether (sulfide) groups is 1. The van der Waals surface area contributed by atoms with Gasteiger partial charge in [-0.2, -0.15) is 0 Å². The van der Waals surface area contributed by atoms with Gasteiger partial charge in [-0.1, -0.05) is 66.4 Å². The van der Waals surface area contributed by atoms with E-state index in [1.807, 2.05) is 59.2 Å². The largest absolute Gasteiger partial charge is 0.497 e. The van der Waals surface area contributed by atoms with Crippen molar-refractivity contribution in [1.82, 2.24) is 20.1 Å². The third-order valence-corrected chi connectivity index (χ3v) is 6.21. The van der Waals surface area contributed by atoms with Crippen molar-refractivity contribution >= 4 is 17.7 Å². The number of methoxy groups -OCH3 is 1. The van der Waals surface area contributed by atoms with Crippen molar-refractivity contribution in [2.75, 3.05) is 19.4 Å². The van der Waals surface area contributed by atoms with Crippen LogP contribution in [-0.4, -0.2) is 40.1 Å². The number of nitrogens with one attached hydrogen (secondary N) is 1. The fraction of sp³-hybridized carbons (Fsp3) is 0.192. The molecule has 1 heterocycles.